The van der Waals surface area contributed by atoms with E-state index in [2.05, 4.69) is 15.5 Å². The molecule has 2 aliphatic rings. The SMILES string of the molecule is O=C1CN(C(=O)CCN2CCCC2)CCCCNC(=O)c2cc(Cl)ccc2OC[C@@H](Cc2ccccc2)N1. The van der Waals surface area contributed by atoms with Crippen molar-refractivity contribution in [2.75, 3.05) is 45.9 Å². The molecule has 0 saturated carbocycles. The van der Waals surface area contributed by atoms with Crippen LogP contribution in [0.2, 0.25) is 5.02 Å². The number of ether oxygens (including phenoxy) is 1. The van der Waals surface area contributed by atoms with Crippen LogP contribution in [0.25, 0.3) is 0 Å². The first kappa shape index (κ1) is 27.9. The maximum absolute atomic E-state index is 13.2. The Bertz CT molecular complexity index is 1090. The highest BCUT2D eigenvalue weighted by molar-refractivity contribution is 6.31. The first-order valence-corrected chi connectivity index (χ1v) is 13.9. The summed E-state index contributed by atoms with van der Waals surface area (Å²) in [6.45, 7) is 3.85. The Labute approximate surface area is 229 Å². The summed E-state index contributed by atoms with van der Waals surface area (Å²) in [5.74, 6) is -0.0878. The number of amides is 3. The number of fused-ring (bicyclic) bond motifs is 1. The number of likely N-dealkylation sites (tertiary alicyclic amines) is 1. The number of benzene rings is 2. The standard InChI is InChI=1S/C29H37ClN4O4/c30-23-10-11-26-25(19-23)29(37)31-13-4-5-16-34(28(36)12-17-33-14-6-7-15-33)20-27(35)32-24(21-38-26)18-22-8-2-1-3-9-22/h1-3,8-11,19,24H,4-7,12-18,20-21H2,(H,31,37)(H,32,35)/t24-/m1/s1. The number of hydrogen-bond donors (Lipinski definition) is 2. The number of carbonyl (C=O) groups is 3. The largest absolute Gasteiger partial charge is 0.491 e. The van der Waals surface area contributed by atoms with Crippen molar-refractivity contribution in [3.05, 3.63) is 64.7 Å². The molecule has 3 amide bonds. The molecule has 0 aliphatic carbocycles. The van der Waals surface area contributed by atoms with Crippen LogP contribution in [0.15, 0.2) is 48.5 Å². The Hall–Kier alpha value is -3.10. The molecule has 2 aromatic carbocycles. The smallest absolute Gasteiger partial charge is 0.255 e. The zero-order chi connectivity index (χ0) is 26.7. The Morgan fingerprint density at radius 1 is 1.00 bits per heavy atom. The van der Waals surface area contributed by atoms with E-state index in [4.69, 9.17) is 16.3 Å². The Morgan fingerprint density at radius 3 is 2.55 bits per heavy atom. The third kappa shape index (κ3) is 8.46. The van der Waals surface area contributed by atoms with Crippen LogP contribution in [-0.2, 0) is 16.0 Å². The molecule has 0 unspecified atom stereocenters. The number of halogens is 1. The van der Waals surface area contributed by atoms with Gasteiger partial charge in [0.15, 0.2) is 0 Å². The zero-order valence-corrected chi connectivity index (χ0v) is 22.5. The summed E-state index contributed by atoms with van der Waals surface area (Å²) in [5.41, 5.74) is 1.41. The van der Waals surface area contributed by atoms with Crippen LogP contribution in [-0.4, -0.2) is 79.4 Å². The number of nitrogens with zero attached hydrogens (tertiary/aromatic N) is 2. The minimum atomic E-state index is -0.358. The van der Waals surface area contributed by atoms with E-state index in [0.29, 0.717) is 55.1 Å². The van der Waals surface area contributed by atoms with Gasteiger partial charge in [0.1, 0.15) is 12.4 Å². The second-order valence-electron chi connectivity index (χ2n) is 9.98. The Balaban J connectivity index is 1.49. The molecule has 2 heterocycles. The molecule has 0 spiro atoms. The van der Waals surface area contributed by atoms with Crippen molar-refractivity contribution in [3.8, 4) is 5.75 Å². The van der Waals surface area contributed by atoms with Crippen LogP contribution in [0.5, 0.6) is 5.75 Å². The maximum Gasteiger partial charge on any atom is 0.255 e. The molecule has 1 saturated heterocycles. The predicted molar refractivity (Wildman–Crippen MR) is 147 cm³/mol. The van der Waals surface area contributed by atoms with Crippen molar-refractivity contribution in [3.63, 3.8) is 0 Å². The molecule has 0 radical (unpaired) electrons. The lowest BCUT2D eigenvalue weighted by molar-refractivity contribution is -0.136. The zero-order valence-electron chi connectivity index (χ0n) is 21.8. The molecule has 1 fully saturated rings. The fraction of sp³-hybridized carbons (Fsp3) is 0.483. The van der Waals surface area contributed by atoms with Crippen LogP contribution >= 0.6 is 11.6 Å². The van der Waals surface area contributed by atoms with E-state index in [1.165, 1.54) is 12.8 Å². The van der Waals surface area contributed by atoms with Gasteiger partial charge in [-0.05, 0) is 69.0 Å². The normalized spacial score (nSPS) is 19.9. The van der Waals surface area contributed by atoms with Gasteiger partial charge in [0, 0.05) is 31.1 Å². The van der Waals surface area contributed by atoms with Crippen molar-refractivity contribution in [2.24, 2.45) is 0 Å². The number of nitrogens with one attached hydrogen (secondary N) is 2. The van der Waals surface area contributed by atoms with Crippen molar-refractivity contribution in [1.82, 2.24) is 20.4 Å². The van der Waals surface area contributed by atoms with Gasteiger partial charge in [-0.25, -0.2) is 0 Å². The topological polar surface area (TPSA) is 91.0 Å². The lowest BCUT2D eigenvalue weighted by Gasteiger charge is -2.25. The van der Waals surface area contributed by atoms with Crippen molar-refractivity contribution < 1.29 is 19.1 Å². The number of rotatable bonds is 5. The molecule has 0 aromatic heterocycles. The van der Waals surface area contributed by atoms with Crippen LogP contribution < -0.4 is 15.4 Å². The number of carbonyl (C=O) groups excluding carboxylic acids is 3. The highest BCUT2D eigenvalue weighted by atomic mass is 35.5. The average molecular weight is 541 g/mol. The number of hydrogen-bond acceptors (Lipinski definition) is 5. The van der Waals surface area contributed by atoms with Gasteiger partial charge in [0.05, 0.1) is 18.2 Å². The van der Waals surface area contributed by atoms with Gasteiger partial charge in [-0.2, -0.15) is 0 Å². The van der Waals surface area contributed by atoms with Gasteiger partial charge in [0.2, 0.25) is 11.8 Å². The molecule has 0 bridgehead atoms. The Morgan fingerprint density at radius 2 is 1.76 bits per heavy atom. The van der Waals surface area contributed by atoms with Gasteiger partial charge in [-0.15, -0.1) is 0 Å². The molecular weight excluding hydrogens is 504 g/mol. The molecule has 4 rings (SSSR count). The summed E-state index contributed by atoms with van der Waals surface area (Å²) in [7, 11) is 0. The summed E-state index contributed by atoms with van der Waals surface area (Å²) in [6.07, 6.45) is 4.65. The van der Waals surface area contributed by atoms with Gasteiger partial charge >= 0.3 is 0 Å². The molecule has 204 valence electrons. The summed E-state index contributed by atoms with van der Waals surface area (Å²) in [4.78, 5) is 43.2. The molecule has 1 atom stereocenters. The van der Waals surface area contributed by atoms with E-state index in [9.17, 15) is 14.4 Å². The molecule has 2 aromatic rings. The van der Waals surface area contributed by atoms with Crippen LogP contribution in [0, 0.1) is 0 Å². The molecule has 8 nitrogen and oxygen atoms in total. The van der Waals surface area contributed by atoms with E-state index >= 15 is 0 Å². The first-order chi connectivity index (χ1) is 18.5. The van der Waals surface area contributed by atoms with E-state index in [-0.39, 0.29) is 36.9 Å². The summed E-state index contributed by atoms with van der Waals surface area (Å²) in [5, 5.41) is 6.45. The summed E-state index contributed by atoms with van der Waals surface area (Å²) < 4.78 is 6.07. The fourth-order valence-electron chi connectivity index (χ4n) is 4.93. The van der Waals surface area contributed by atoms with Crippen LogP contribution in [0.1, 0.15) is 48.0 Å². The lowest BCUT2D eigenvalue weighted by Crippen LogP contribution is -2.47. The van der Waals surface area contributed by atoms with Gasteiger partial charge in [0.25, 0.3) is 5.91 Å². The second kappa shape index (κ2) is 14.2. The summed E-state index contributed by atoms with van der Waals surface area (Å²) in [6, 6.07) is 14.4. The third-order valence-electron chi connectivity index (χ3n) is 6.98. The lowest BCUT2D eigenvalue weighted by atomic mass is 10.1. The average Bonchev–Trinajstić information content (AvgIpc) is 3.43. The highest BCUT2D eigenvalue weighted by Gasteiger charge is 2.23. The molecular formula is C29H37ClN4O4. The minimum absolute atomic E-state index is 0.00266. The van der Waals surface area contributed by atoms with Crippen molar-refractivity contribution in [2.45, 2.75) is 44.6 Å². The van der Waals surface area contributed by atoms with Gasteiger partial charge in [-0.3, -0.25) is 14.4 Å². The molecule has 9 heteroatoms. The fourth-order valence-corrected chi connectivity index (χ4v) is 5.10. The van der Waals surface area contributed by atoms with Crippen LogP contribution in [0.4, 0.5) is 0 Å². The van der Waals surface area contributed by atoms with E-state index in [1.807, 2.05) is 30.3 Å². The first-order valence-electron chi connectivity index (χ1n) is 13.5. The summed E-state index contributed by atoms with van der Waals surface area (Å²) >= 11 is 6.17. The molecule has 2 N–H and O–H groups in total. The Kier molecular flexibility index (Phi) is 10.4. The van der Waals surface area contributed by atoms with E-state index in [0.717, 1.165) is 25.2 Å². The van der Waals surface area contributed by atoms with Gasteiger partial charge < -0.3 is 25.2 Å². The second-order valence-corrected chi connectivity index (χ2v) is 10.4. The highest BCUT2D eigenvalue weighted by Crippen LogP contribution is 2.23. The van der Waals surface area contributed by atoms with Gasteiger partial charge in [-0.1, -0.05) is 41.9 Å². The minimum Gasteiger partial charge on any atom is -0.491 e. The van der Waals surface area contributed by atoms with E-state index < -0.39 is 0 Å². The maximum atomic E-state index is 13.2. The van der Waals surface area contributed by atoms with Crippen LogP contribution in [0.3, 0.4) is 0 Å². The molecule has 2 aliphatic heterocycles. The van der Waals surface area contributed by atoms with Crippen molar-refractivity contribution >= 4 is 29.3 Å². The third-order valence-corrected chi connectivity index (χ3v) is 7.22. The van der Waals surface area contributed by atoms with Crippen molar-refractivity contribution in [1.29, 1.82) is 0 Å². The molecule has 38 heavy (non-hydrogen) atoms. The quantitative estimate of drug-likeness (QED) is 0.607. The monoisotopic (exact) mass is 540 g/mol. The predicted octanol–water partition coefficient (Wildman–Crippen LogP) is 3.28. The van der Waals surface area contributed by atoms with E-state index in [1.54, 1.807) is 23.1 Å².